The van der Waals surface area contributed by atoms with Crippen LogP contribution in [0.1, 0.15) is 0 Å². The normalized spacial score (nSPS) is 30.6. The van der Waals surface area contributed by atoms with Gasteiger partial charge in [0.2, 0.25) is 5.91 Å². The van der Waals surface area contributed by atoms with Gasteiger partial charge in [-0.25, -0.2) is 0 Å². The van der Waals surface area contributed by atoms with Gasteiger partial charge in [-0.05, 0) is 0 Å². The molecule has 0 saturated carbocycles. The Morgan fingerprint density at radius 3 is 2.71 bits per heavy atom. The molecule has 1 unspecified atom stereocenters. The third-order valence-corrected chi connectivity index (χ3v) is 3.79. The molecule has 0 aliphatic carbocycles. The Morgan fingerprint density at radius 1 is 1.29 bits per heavy atom. The fourth-order valence-electron chi connectivity index (χ4n) is 2.64. The first-order valence-electron chi connectivity index (χ1n) is 6.35. The number of nitrogens with zero attached hydrogens (tertiary/aromatic N) is 2. The van der Waals surface area contributed by atoms with Crippen molar-refractivity contribution < 1.29 is 9.53 Å². The molecule has 5 heteroatoms. The van der Waals surface area contributed by atoms with E-state index in [9.17, 15) is 4.79 Å². The highest BCUT2D eigenvalue weighted by atomic mass is 16.5. The first kappa shape index (κ1) is 11.2. The third-order valence-electron chi connectivity index (χ3n) is 3.79. The van der Waals surface area contributed by atoms with E-state index in [0.717, 1.165) is 45.9 Å². The molecule has 3 aliphatic heterocycles. The molecule has 1 atom stereocenters. The Kier molecular flexibility index (Phi) is 3.13. The van der Waals surface area contributed by atoms with Crippen molar-refractivity contribution >= 4 is 5.91 Å². The minimum Gasteiger partial charge on any atom is -0.379 e. The molecule has 3 aliphatic rings. The number of nitrogens with one attached hydrogen (secondary N) is 1. The molecule has 94 valence electrons. The fourth-order valence-corrected chi connectivity index (χ4v) is 2.64. The summed E-state index contributed by atoms with van der Waals surface area (Å²) in [6.45, 7) is 6.25. The molecule has 2 saturated heterocycles. The Balaban J connectivity index is 1.47. The van der Waals surface area contributed by atoms with Crippen molar-refractivity contribution in [2.24, 2.45) is 0 Å². The van der Waals surface area contributed by atoms with E-state index in [0.29, 0.717) is 6.04 Å². The van der Waals surface area contributed by atoms with Gasteiger partial charge in [-0.15, -0.1) is 0 Å². The molecule has 2 fully saturated rings. The van der Waals surface area contributed by atoms with Crippen LogP contribution in [0.25, 0.3) is 0 Å². The fraction of sp³-hybridized carbons (Fsp3) is 0.750. The first-order valence-corrected chi connectivity index (χ1v) is 6.35. The van der Waals surface area contributed by atoms with Crippen LogP contribution in [0.5, 0.6) is 0 Å². The number of morpholine rings is 1. The zero-order valence-corrected chi connectivity index (χ0v) is 9.97. The van der Waals surface area contributed by atoms with Crippen LogP contribution in [0.3, 0.4) is 0 Å². The minimum atomic E-state index is -0.0827. The van der Waals surface area contributed by atoms with Gasteiger partial charge in [0.05, 0.1) is 13.2 Å². The molecular formula is C12H19N3O2. The number of ether oxygens (including phenoxy) is 1. The van der Waals surface area contributed by atoms with Gasteiger partial charge in [-0.2, -0.15) is 0 Å². The SMILES string of the molecule is O=C(C1C=CCN1)N1CC(N2CCOCC2)C1. The molecule has 3 rings (SSSR count). The lowest BCUT2D eigenvalue weighted by molar-refractivity contribution is -0.140. The number of hydrogen-bond acceptors (Lipinski definition) is 4. The lowest BCUT2D eigenvalue weighted by atomic mass is 10.0. The van der Waals surface area contributed by atoms with Gasteiger partial charge in [0.15, 0.2) is 0 Å². The monoisotopic (exact) mass is 237 g/mol. The third kappa shape index (κ3) is 2.22. The van der Waals surface area contributed by atoms with Crippen LogP contribution in [0, 0.1) is 0 Å². The van der Waals surface area contributed by atoms with E-state index in [2.05, 4.69) is 10.2 Å². The van der Waals surface area contributed by atoms with E-state index in [-0.39, 0.29) is 11.9 Å². The Bertz CT molecular complexity index is 320. The molecule has 3 heterocycles. The van der Waals surface area contributed by atoms with Crippen molar-refractivity contribution in [3.05, 3.63) is 12.2 Å². The van der Waals surface area contributed by atoms with Gasteiger partial charge in [-0.3, -0.25) is 15.0 Å². The zero-order valence-electron chi connectivity index (χ0n) is 9.97. The second kappa shape index (κ2) is 4.76. The predicted molar refractivity (Wildman–Crippen MR) is 63.7 cm³/mol. The van der Waals surface area contributed by atoms with Crippen molar-refractivity contribution in [1.82, 2.24) is 15.1 Å². The number of amides is 1. The molecular weight excluding hydrogens is 218 g/mol. The van der Waals surface area contributed by atoms with Crippen molar-refractivity contribution in [2.75, 3.05) is 45.9 Å². The minimum absolute atomic E-state index is 0.0827. The van der Waals surface area contributed by atoms with E-state index >= 15 is 0 Å². The quantitative estimate of drug-likeness (QED) is 0.630. The summed E-state index contributed by atoms with van der Waals surface area (Å²) in [6.07, 6.45) is 3.98. The topological polar surface area (TPSA) is 44.8 Å². The molecule has 0 aromatic heterocycles. The van der Waals surface area contributed by atoms with Crippen LogP contribution in [0.15, 0.2) is 12.2 Å². The second-order valence-electron chi connectivity index (χ2n) is 4.86. The Morgan fingerprint density at radius 2 is 2.06 bits per heavy atom. The number of carbonyl (C=O) groups excluding carboxylic acids is 1. The number of likely N-dealkylation sites (tertiary alicyclic amines) is 1. The van der Waals surface area contributed by atoms with E-state index < -0.39 is 0 Å². The van der Waals surface area contributed by atoms with E-state index in [1.54, 1.807) is 0 Å². The predicted octanol–water partition coefficient (Wildman–Crippen LogP) is -0.943. The highest BCUT2D eigenvalue weighted by Crippen LogP contribution is 2.18. The van der Waals surface area contributed by atoms with Crippen LogP contribution >= 0.6 is 0 Å². The van der Waals surface area contributed by atoms with Gasteiger partial charge in [-0.1, -0.05) is 12.2 Å². The highest BCUT2D eigenvalue weighted by Gasteiger charge is 2.37. The van der Waals surface area contributed by atoms with Gasteiger partial charge in [0.25, 0.3) is 0 Å². The van der Waals surface area contributed by atoms with E-state index in [4.69, 9.17) is 4.74 Å². The zero-order chi connectivity index (χ0) is 11.7. The largest absolute Gasteiger partial charge is 0.379 e. The molecule has 17 heavy (non-hydrogen) atoms. The lowest BCUT2D eigenvalue weighted by Crippen LogP contribution is -2.64. The van der Waals surface area contributed by atoms with Crippen LogP contribution < -0.4 is 5.32 Å². The summed E-state index contributed by atoms with van der Waals surface area (Å²) in [7, 11) is 0. The van der Waals surface area contributed by atoms with Crippen LogP contribution in [-0.2, 0) is 9.53 Å². The maximum Gasteiger partial charge on any atom is 0.243 e. The number of hydrogen-bond donors (Lipinski definition) is 1. The van der Waals surface area contributed by atoms with E-state index in [1.165, 1.54) is 0 Å². The molecule has 1 N–H and O–H groups in total. The number of carbonyl (C=O) groups is 1. The molecule has 1 amide bonds. The van der Waals surface area contributed by atoms with Crippen LogP contribution in [0.2, 0.25) is 0 Å². The summed E-state index contributed by atoms with van der Waals surface area (Å²) in [4.78, 5) is 16.4. The summed E-state index contributed by atoms with van der Waals surface area (Å²) in [6, 6.07) is 0.467. The Hall–Kier alpha value is -0.910. The first-order chi connectivity index (χ1) is 8.34. The smallest absolute Gasteiger partial charge is 0.243 e. The molecule has 0 radical (unpaired) electrons. The molecule has 0 aromatic carbocycles. The lowest BCUT2D eigenvalue weighted by Gasteiger charge is -2.47. The summed E-state index contributed by atoms with van der Waals surface area (Å²) < 4.78 is 5.33. The van der Waals surface area contributed by atoms with E-state index in [1.807, 2.05) is 17.1 Å². The maximum atomic E-state index is 12.0. The molecule has 0 aromatic rings. The molecule has 5 nitrogen and oxygen atoms in total. The highest BCUT2D eigenvalue weighted by molar-refractivity contribution is 5.85. The van der Waals surface area contributed by atoms with Gasteiger partial charge in [0, 0.05) is 38.8 Å². The maximum absolute atomic E-state index is 12.0. The summed E-state index contributed by atoms with van der Waals surface area (Å²) in [5, 5.41) is 3.16. The van der Waals surface area contributed by atoms with Gasteiger partial charge >= 0.3 is 0 Å². The Labute approximate surface area is 101 Å². The van der Waals surface area contributed by atoms with Gasteiger partial charge in [0.1, 0.15) is 6.04 Å². The second-order valence-corrected chi connectivity index (χ2v) is 4.86. The summed E-state index contributed by atoms with van der Waals surface area (Å²) in [5.41, 5.74) is 0. The average molecular weight is 237 g/mol. The van der Waals surface area contributed by atoms with Gasteiger partial charge < -0.3 is 9.64 Å². The number of rotatable bonds is 2. The summed E-state index contributed by atoms with van der Waals surface area (Å²) in [5.74, 6) is 0.225. The van der Waals surface area contributed by atoms with Crippen molar-refractivity contribution in [2.45, 2.75) is 12.1 Å². The molecule has 0 spiro atoms. The standard InChI is InChI=1S/C12H19N3O2/c16-12(11-2-1-3-13-11)15-8-10(9-15)14-4-6-17-7-5-14/h1-2,10-11,13H,3-9H2. The average Bonchev–Trinajstić information content (AvgIpc) is 2.81. The van der Waals surface area contributed by atoms with Crippen molar-refractivity contribution in [3.8, 4) is 0 Å². The molecule has 0 bridgehead atoms. The van der Waals surface area contributed by atoms with Crippen LogP contribution in [-0.4, -0.2) is 73.7 Å². The summed E-state index contributed by atoms with van der Waals surface area (Å²) >= 11 is 0. The van der Waals surface area contributed by atoms with Crippen molar-refractivity contribution in [1.29, 1.82) is 0 Å². The van der Waals surface area contributed by atoms with Crippen LogP contribution in [0.4, 0.5) is 0 Å². The van der Waals surface area contributed by atoms with Crippen molar-refractivity contribution in [3.63, 3.8) is 0 Å².